The Morgan fingerprint density at radius 2 is 1.89 bits per heavy atom. The topological polar surface area (TPSA) is 131 Å². The predicted molar refractivity (Wildman–Crippen MR) is 103 cm³/mol. The molecular weight excluding hydrogens is 372 g/mol. The summed E-state index contributed by atoms with van der Waals surface area (Å²) in [7, 11) is -0.963. The Morgan fingerprint density at radius 1 is 1.26 bits per heavy atom. The highest BCUT2D eigenvalue weighted by Crippen LogP contribution is 2.29. The summed E-state index contributed by atoms with van der Waals surface area (Å²) in [5, 5.41) is 5.06. The third-order valence-electron chi connectivity index (χ3n) is 4.06. The van der Waals surface area contributed by atoms with E-state index in [2.05, 4.69) is 10.6 Å². The second kappa shape index (κ2) is 9.56. The van der Waals surface area contributed by atoms with Crippen LogP contribution in [0, 0.1) is 5.92 Å². The van der Waals surface area contributed by atoms with Gasteiger partial charge in [0.15, 0.2) is 0 Å². The quantitative estimate of drug-likeness (QED) is 0.576. The van der Waals surface area contributed by atoms with Crippen LogP contribution in [0.1, 0.15) is 27.2 Å². The Balaban J connectivity index is 3.23. The molecule has 1 aromatic rings. The second-order valence-electron chi connectivity index (χ2n) is 6.24. The lowest BCUT2D eigenvalue weighted by atomic mass is 9.98. The summed E-state index contributed by atoms with van der Waals surface area (Å²) in [5.74, 6) is -0.455. The smallest absolute Gasteiger partial charge is 0.312 e. The molecule has 0 aliphatic rings. The Bertz CT molecular complexity index is 780. The van der Waals surface area contributed by atoms with Gasteiger partial charge in [-0.3, -0.25) is 4.79 Å². The van der Waals surface area contributed by atoms with Gasteiger partial charge in [-0.1, -0.05) is 20.3 Å². The molecular formula is C17H28N4O5S. The first-order chi connectivity index (χ1) is 12.5. The average molecular weight is 401 g/mol. The van der Waals surface area contributed by atoms with Gasteiger partial charge in [-0.2, -0.15) is 0 Å². The first-order valence-corrected chi connectivity index (χ1v) is 10.0. The zero-order valence-electron chi connectivity index (χ0n) is 16.3. The van der Waals surface area contributed by atoms with Gasteiger partial charge in [0.25, 0.3) is 0 Å². The van der Waals surface area contributed by atoms with Crippen LogP contribution in [-0.4, -0.2) is 51.4 Å². The van der Waals surface area contributed by atoms with Gasteiger partial charge < -0.3 is 21.1 Å². The van der Waals surface area contributed by atoms with Gasteiger partial charge in [0.2, 0.25) is 15.9 Å². The monoisotopic (exact) mass is 400 g/mol. The summed E-state index contributed by atoms with van der Waals surface area (Å²) in [6, 6.07) is 2.70. The Morgan fingerprint density at radius 3 is 2.37 bits per heavy atom. The van der Waals surface area contributed by atoms with Crippen LogP contribution in [0.2, 0.25) is 0 Å². The zero-order valence-corrected chi connectivity index (χ0v) is 17.1. The van der Waals surface area contributed by atoms with Crippen molar-refractivity contribution in [2.45, 2.75) is 38.1 Å². The number of nitrogens with zero attached hydrogens (tertiary/aromatic N) is 1. The van der Waals surface area contributed by atoms with Crippen molar-refractivity contribution in [1.29, 1.82) is 0 Å². The largest absolute Gasteiger partial charge is 0.492 e. The molecule has 27 heavy (non-hydrogen) atoms. The number of nitrogens with two attached hydrogens (primary N) is 1. The lowest BCUT2D eigenvalue weighted by Gasteiger charge is -2.23. The molecule has 0 fully saturated rings. The molecule has 0 radical (unpaired) electrons. The summed E-state index contributed by atoms with van der Waals surface area (Å²) in [6.07, 6.45) is 0.641. The molecule has 0 aliphatic heterocycles. The van der Waals surface area contributed by atoms with Crippen LogP contribution in [0.5, 0.6) is 5.75 Å². The minimum Gasteiger partial charge on any atom is -0.492 e. The number of carbonyl (C=O) groups excluding carboxylic acids is 2. The number of amides is 3. The standard InChI is InChI=1S/C17H28N4O5S/c1-6-11(3)15(20-17(18)23)16(22)19-12-8-9-13(26-7-2)14(10-12)27(24,25)21(4)5/h8-11,15H,6-7H2,1-5H3,(H,19,22)(H3,18,20,23)/t11-,15-/m0/s1. The van der Waals surface area contributed by atoms with E-state index in [1.54, 1.807) is 13.8 Å². The van der Waals surface area contributed by atoms with E-state index in [-0.39, 0.29) is 22.3 Å². The molecule has 0 saturated carbocycles. The minimum atomic E-state index is -3.78. The number of nitrogens with one attached hydrogen (secondary N) is 2. The Hall–Kier alpha value is -2.33. The van der Waals surface area contributed by atoms with Crippen molar-refractivity contribution in [2.24, 2.45) is 11.7 Å². The fraction of sp³-hybridized carbons (Fsp3) is 0.529. The van der Waals surface area contributed by atoms with Gasteiger partial charge >= 0.3 is 6.03 Å². The van der Waals surface area contributed by atoms with Crippen LogP contribution in [0.3, 0.4) is 0 Å². The summed E-state index contributed by atoms with van der Waals surface area (Å²) in [6.45, 7) is 5.72. The number of urea groups is 1. The molecule has 10 heteroatoms. The minimum absolute atomic E-state index is 0.0601. The van der Waals surface area contributed by atoms with Gasteiger partial charge in [-0.25, -0.2) is 17.5 Å². The second-order valence-corrected chi connectivity index (χ2v) is 8.36. The highest BCUT2D eigenvalue weighted by atomic mass is 32.2. The van der Waals surface area contributed by atoms with Crippen molar-refractivity contribution < 1.29 is 22.7 Å². The molecule has 3 amide bonds. The summed E-state index contributed by atoms with van der Waals surface area (Å²) >= 11 is 0. The van der Waals surface area contributed by atoms with Crippen molar-refractivity contribution in [3.8, 4) is 5.75 Å². The molecule has 0 saturated heterocycles. The number of hydrogen-bond acceptors (Lipinski definition) is 5. The Labute approximate surface area is 160 Å². The van der Waals surface area contributed by atoms with E-state index in [4.69, 9.17) is 10.5 Å². The normalized spacial score (nSPS) is 13.7. The molecule has 0 spiro atoms. The van der Waals surface area contributed by atoms with Crippen molar-refractivity contribution in [3.05, 3.63) is 18.2 Å². The van der Waals surface area contributed by atoms with Crippen LogP contribution in [0.4, 0.5) is 10.5 Å². The SMILES string of the molecule is CCOc1ccc(NC(=O)[C@@H](NC(N)=O)[C@@H](C)CC)cc1S(=O)(=O)N(C)C. The van der Waals surface area contributed by atoms with Crippen LogP contribution < -0.4 is 21.1 Å². The van der Waals surface area contributed by atoms with Crippen LogP contribution >= 0.6 is 0 Å². The zero-order chi connectivity index (χ0) is 20.8. The molecule has 0 aromatic heterocycles. The number of ether oxygens (including phenoxy) is 1. The van der Waals surface area contributed by atoms with Gasteiger partial charge in [-0.15, -0.1) is 0 Å². The van der Waals surface area contributed by atoms with E-state index in [1.807, 2.05) is 6.92 Å². The van der Waals surface area contributed by atoms with Crippen molar-refractivity contribution in [3.63, 3.8) is 0 Å². The number of rotatable bonds is 9. The fourth-order valence-electron chi connectivity index (χ4n) is 2.33. The van der Waals surface area contributed by atoms with Crippen LogP contribution in [-0.2, 0) is 14.8 Å². The molecule has 0 aliphatic carbocycles. The molecule has 1 aromatic carbocycles. The van der Waals surface area contributed by atoms with E-state index >= 15 is 0 Å². The van der Waals surface area contributed by atoms with Crippen molar-refractivity contribution in [1.82, 2.24) is 9.62 Å². The maximum Gasteiger partial charge on any atom is 0.312 e. The number of hydrogen-bond donors (Lipinski definition) is 3. The van der Waals surface area contributed by atoms with Gasteiger partial charge in [-0.05, 0) is 31.0 Å². The molecule has 4 N–H and O–H groups in total. The van der Waals surface area contributed by atoms with Crippen LogP contribution in [0.15, 0.2) is 23.1 Å². The average Bonchev–Trinajstić information content (AvgIpc) is 2.59. The van der Waals surface area contributed by atoms with E-state index in [1.165, 1.54) is 32.3 Å². The Kier molecular flexibility index (Phi) is 8.04. The van der Waals surface area contributed by atoms with E-state index in [0.717, 1.165) is 4.31 Å². The van der Waals surface area contributed by atoms with E-state index in [9.17, 15) is 18.0 Å². The highest BCUT2D eigenvalue weighted by molar-refractivity contribution is 7.89. The van der Waals surface area contributed by atoms with Gasteiger partial charge in [0.1, 0.15) is 16.7 Å². The number of benzene rings is 1. The van der Waals surface area contributed by atoms with E-state index in [0.29, 0.717) is 13.0 Å². The summed E-state index contributed by atoms with van der Waals surface area (Å²) in [4.78, 5) is 23.7. The van der Waals surface area contributed by atoms with Crippen molar-refractivity contribution >= 4 is 27.6 Å². The van der Waals surface area contributed by atoms with Crippen LogP contribution in [0.25, 0.3) is 0 Å². The number of sulfonamides is 1. The highest BCUT2D eigenvalue weighted by Gasteiger charge is 2.27. The number of primary amides is 1. The third kappa shape index (κ3) is 5.83. The lowest BCUT2D eigenvalue weighted by molar-refractivity contribution is -0.119. The molecule has 9 nitrogen and oxygen atoms in total. The maximum absolute atomic E-state index is 12.6. The molecule has 1 rings (SSSR count). The maximum atomic E-state index is 12.6. The summed E-state index contributed by atoms with van der Waals surface area (Å²) in [5.41, 5.74) is 5.42. The van der Waals surface area contributed by atoms with Crippen molar-refractivity contribution in [2.75, 3.05) is 26.0 Å². The predicted octanol–water partition coefficient (Wildman–Crippen LogP) is 1.36. The molecule has 2 atom stereocenters. The third-order valence-corrected chi connectivity index (χ3v) is 5.90. The number of anilines is 1. The fourth-order valence-corrected chi connectivity index (χ4v) is 3.38. The number of carbonyl (C=O) groups is 2. The summed E-state index contributed by atoms with van der Waals surface area (Å²) < 4.78 is 31.6. The first kappa shape index (κ1) is 22.7. The van der Waals surface area contributed by atoms with Gasteiger partial charge in [0.05, 0.1) is 6.61 Å². The lowest BCUT2D eigenvalue weighted by Crippen LogP contribution is -2.49. The molecule has 0 bridgehead atoms. The molecule has 152 valence electrons. The van der Waals surface area contributed by atoms with E-state index < -0.39 is 28.0 Å². The molecule has 0 heterocycles. The molecule has 0 unspecified atom stereocenters. The first-order valence-electron chi connectivity index (χ1n) is 8.60. The van der Waals surface area contributed by atoms with Gasteiger partial charge in [0, 0.05) is 19.8 Å².